The number of rotatable bonds is 5. The van der Waals surface area contributed by atoms with Gasteiger partial charge >= 0.3 is 11.9 Å². The monoisotopic (exact) mass is 416 g/mol. The van der Waals surface area contributed by atoms with Crippen molar-refractivity contribution >= 4 is 17.5 Å². The van der Waals surface area contributed by atoms with Gasteiger partial charge in [0.15, 0.2) is 0 Å². The van der Waals surface area contributed by atoms with E-state index in [2.05, 4.69) is 6.07 Å². The number of allylic oxidation sites excluding steroid dienone is 6. The Hall–Kier alpha value is -3.85. The molecule has 3 rings (SSSR count). The fourth-order valence-corrected chi connectivity index (χ4v) is 3.72. The van der Waals surface area contributed by atoms with Crippen molar-refractivity contribution in [2.45, 2.75) is 19.8 Å². The van der Waals surface area contributed by atoms with Crippen molar-refractivity contribution in [3.8, 4) is 6.07 Å². The summed E-state index contributed by atoms with van der Waals surface area (Å²) in [5.41, 5.74) is 4.04. The Kier molecular flexibility index (Phi) is 6.56. The lowest BCUT2D eigenvalue weighted by atomic mass is 9.93. The predicted octanol–water partition coefficient (Wildman–Crippen LogP) is 4.46. The molecule has 0 bridgehead atoms. The normalized spacial score (nSPS) is 15.1. The molecule has 158 valence electrons. The molecule has 1 aliphatic carbocycles. The number of ether oxygens (including phenoxy) is 2. The molecule has 0 spiro atoms. The molecule has 1 aromatic heterocycles. The summed E-state index contributed by atoms with van der Waals surface area (Å²) in [6.45, 7) is 3.79. The van der Waals surface area contributed by atoms with E-state index in [0.717, 1.165) is 11.1 Å². The third-order valence-electron chi connectivity index (χ3n) is 5.36. The van der Waals surface area contributed by atoms with Crippen LogP contribution in [0.1, 0.15) is 56.1 Å². The van der Waals surface area contributed by atoms with E-state index in [1.807, 2.05) is 42.5 Å². The van der Waals surface area contributed by atoms with E-state index in [1.54, 1.807) is 37.6 Å². The zero-order valence-corrected chi connectivity index (χ0v) is 18.0. The molecule has 0 radical (unpaired) electrons. The van der Waals surface area contributed by atoms with Crippen LogP contribution in [-0.2, 0) is 16.5 Å². The first-order valence-electron chi connectivity index (χ1n) is 9.95. The molecule has 0 saturated heterocycles. The van der Waals surface area contributed by atoms with Crippen molar-refractivity contribution in [2.24, 2.45) is 7.05 Å². The fraction of sp³-hybridized carbons (Fsp3) is 0.240. The largest absolute Gasteiger partial charge is 0.465 e. The summed E-state index contributed by atoms with van der Waals surface area (Å²) in [6.07, 6.45) is 9.49. The predicted molar refractivity (Wildman–Crippen MR) is 118 cm³/mol. The molecule has 0 N–H and O–H groups in total. The number of carbonyl (C=O) groups excluding carboxylic acids is 2. The molecule has 1 atom stereocenters. The van der Waals surface area contributed by atoms with Crippen molar-refractivity contribution < 1.29 is 19.1 Å². The van der Waals surface area contributed by atoms with Gasteiger partial charge in [0.1, 0.15) is 11.8 Å². The first-order valence-corrected chi connectivity index (χ1v) is 9.95. The molecule has 6 nitrogen and oxygen atoms in total. The molecule has 0 saturated carbocycles. The molecule has 31 heavy (non-hydrogen) atoms. The Morgan fingerprint density at radius 1 is 1.19 bits per heavy atom. The second-order valence-electron chi connectivity index (χ2n) is 7.05. The molecule has 0 fully saturated rings. The quantitative estimate of drug-likeness (QED) is 0.672. The zero-order valence-electron chi connectivity index (χ0n) is 18.0. The Labute approximate surface area is 181 Å². The highest BCUT2D eigenvalue weighted by molar-refractivity contribution is 5.98. The van der Waals surface area contributed by atoms with Crippen LogP contribution in [0.2, 0.25) is 0 Å². The summed E-state index contributed by atoms with van der Waals surface area (Å²) >= 11 is 0. The summed E-state index contributed by atoms with van der Waals surface area (Å²) in [4.78, 5) is 24.8. The first-order chi connectivity index (χ1) is 14.9. The molecular weight excluding hydrogens is 392 g/mol. The summed E-state index contributed by atoms with van der Waals surface area (Å²) in [7, 11) is 3.10. The second kappa shape index (κ2) is 9.31. The number of aromatic nitrogens is 1. The average Bonchev–Trinajstić information content (AvgIpc) is 2.92. The van der Waals surface area contributed by atoms with Gasteiger partial charge in [0.2, 0.25) is 0 Å². The van der Waals surface area contributed by atoms with Crippen LogP contribution in [0.4, 0.5) is 0 Å². The van der Waals surface area contributed by atoms with Crippen molar-refractivity contribution in [1.82, 2.24) is 4.57 Å². The Morgan fingerprint density at radius 3 is 2.61 bits per heavy atom. The van der Waals surface area contributed by atoms with Crippen LogP contribution < -0.4 is 0 Å². The molecule has 1 unspecified atom stereocenters. The van der Waals surface area contributed by atoms with Crippen LogP contribution in [-0.4, -0.2) is 30.2 Å². The minimum atomic E-state index is -0.472. The van der Waals surface area contributed by atoms with Gasteiger partial charge in [0.05, 0.1) is 24.8 Å². The topological polar surface area (TPSA) is 81.3 Å². The van der Waals surface area contributed by atoms with Gasteiger partial charge in [-0.05, 0) is 31.1 Å². The van der Waals surface area contributed by atoms with Gasteiger partial charge in [-0.25, -0.2) is 9.59 Å². The summed E-state index contributed by atoms with van der Waals surface area (Å²) in [6, 6.07) is 9.50. The number of carbonyl (C=O) groups is 2. The zero-order chi connectivity index (χ0) is 22.5. The van der Waals surface area contributed by atoms with Crippen molar-refractivity contribution in [2.75, 3.05) is 13.7 Å². The van der Waals surface area contributed by atoms with Crippen LogP contribution in [0, 0.1) is 18.3 Å². The number of methoxy groups -OCH3 is 1. The number of hydrogen-bond acceptors (Lipinski definition) is 5. The summed E-state index contributed by atoms with van der Waals surface area (Å²) < 4.78 is 11.8. The lowest BCUT2D eigenvalue weighted by Crippen LogP contribution is -2.12. The second-order valence-corrected chi connectivity index (χ2v) is 7.05. The number of nitrogens with zero attached hydrogens (tertiary/aromatic N) is 2. The molecular formula is C25H24N2O4. The smallest absolute Gasteiger partial charge is 0.355 e. The SMILES string of the molecule is CCOC(=O)c1c(C2=CC=CC(c3ccccc3C(=O)OC)C=C2)c(C#N)c(C)n1C. The molecule has 1 heterocycles. The highest BCUT2D eigenvalue weighted by Gasteiger charge is 2.27. The Morgan fingerprint density at radius 2 is 1.94 bits per heavy atom. The van der Waals surface area contributed by atoms with Crippen molar-refractivity contribution in [1.29, 1.82) is 5.26 Å². The lowest BCUT2D eigenvalue weighted by Gasteiger charge is -2.12. The summed E-state index contributed by atoms with van der Waals surface area (Å²) in [5, 5.41) is 9.77. The van der Waals surface area contributed by atoms with Gasteiger partial charge < -0.3 is 14.0 Å². The molecule has 6 heteroatoms. The maximum Gasteiger partial charge on any atom is 0.355 e. The molecule has 1 aliphatic rings. The fourth-order valence-electron chi connectivity index (χ4n) is 3.72. The number of hydrogen-bond donors (Lipinski definition) is 0. The van der Waals surface area contributed by atoms with Crippen molar-refractivity contribution in [3.05, 3.63) is 88.3 Å². The molecule has 1 aromatic carbocycles. The Balaban J connectivity index is 2.08. The standard InChI is InChI=1S/C25H24N2O4/c1-5-31-25(29)23-22(21(15-26)16(2)27(23)3)18-10-8-9-17(13-14-18)19-11-6-7-12-20(19)24(28)30-4/h6-14,17H,5H2,1-4H3. The maximum absolute atomic E-state index is 12.7. The van der Waals surface area contributed by atoms with Crippen LogP contribution in [0.3, 0.4) is 0 Å². The van der Waals surface area contributed by atoms with E-state index in [9.17, 15) is 14.9 Å². The van der Waals surface area contributed by atoms with E-state index in [1.165, 1.54) is 7.11 Å². The van der Waals surface area contributed by atoms with Gasteiger partial charge in [-0.15, -0.1) is 0 Å². The van der Waals surface area contributed by atoms with E-state index in [0.29, 0.717) is 28.1 Å². The van der Waals surface area contributed by atoms with E-state index >= 15 is 0 Å². The van der Waals surface area contributed by atoms with Crippen LogP contribution in [0.15, 0.2) is 54.6 Å². The molecule has 2 aromatic rings. The van der Waals surface area contributed by atoms with E-state index in [4.69, 9.17) is 9.47 Å². The van der Waals surface area contributed by atoms with Crippen molar-refractivity contribution in [3.63, 3.8) is 0 Å². The van der Waals surface area contributed by atoms with E-state index < -0.39 is 11.9 Å². The van der Waals surface area contributed by atoms with Gasteiger partial charge in [-0.3, -0.25) is 0 Å². The third kappa shape index (κ3) is 4.08. The minimum absolute atomic E-state index is 0.176. The number of esters is 2. The minimum Gasteiger partial charge on any atom is -0.465 e. The number of benzene rings is 1. The maximum atomic E-state index is 12.7. The van der Waals surface area contributed by atoms with Gasteiger partial charge in [-0.1, -0.05) is 48.6 Å². The number of nitriles is 1. The van der Waals surface area contributed by atoms with E-state index in [-0.39, 0.29) is 12.5 Å². The highest BCUT2D eigenvalue weighted by atomic mass is 16.5. The highest BCUT2D eigenvalue weighted by Crippen LogP contribution is 2.33. The molecule has 0 amide bonds. The summed E-state index contributed by atoms with van der Waals surface area (Å²) in [5.74, 6) is -1.05. The van der Waals surface area contributed by atoms with Gasteiger partial charge in [-0.2, -0.15) is 5.26 Å². The average molecular weight is 416 g/mol. The van der Waals surface area contributed by atoms with Gasteiger partial charge in [0.25, 0.3) is 0 Å². The lowest BCUT2D eigenvalue weighted by molar-refractivity contribution is 0.0513. The van der Waals surface area contributed by atoms with Crippen LogP contribution in [0.5, 0.6) is 0 Å². The van der Waals surface area contributed by atoms with Crippen LogP contribution in [0.25, 0.3) is 5.57 Å². The van der Waals surface area contributed by atoms with Gasteiger partial charge in [0, 0.05) is 24.2 Å². The van der Waals surface area contributed by atoms with Crippen LogP contribution >= 0.6 is 0 Å². The first kappa shape index (κ1) is 21.8. The Bertz CT molecular complexity index is 1160. The molecule has 0 aliphatic heterocycles. The third-order valence-corrected chi connectivity index (χ3v) is 5.36.